The zero-order chi connectivity index (χ0) is 10.8. The molecule has 1 aromatic heterocycles. The second-order valence-electron chi connectivity index (χ2n) is 3.35. The smallest absolute Gasteiger partial charge is 0.176 e. The number of hydrogen-bond donors (Lipinski definition) is 0. The fourth-order valence-corrected chi connectivity index (χ4v) is 2.13. The summed E-state index contributed by atoms with van der Waals surface area (Å²) in [4.78, 5) is 0. The van der Waals surface area contributed by atoms with Gasteiger partial charge in [-0.3, -0.25) is 0 Å². The number of pyridine rings is 1. The Labute approximate surface area is 98.9 Å². The molecule has 0 N–H and O–H groups in total. The van der Waals surface area contributed by atoms with E-state index in [1.807, 2.05) is 54.3 Å². The first-order chi connectivity index (χ1) is 7.18. The van der Waals surface area contributed by atoms with Gasteiger partial charge in [-0.1, -0.05) is 29.3 Å². The van der Waals surface area contributed by atoms with E-state index in [0.717, 1.165) is 11.1 Å². The molecule has 2 aromatic rings. The van der Waals surface area contributed by atoms with E-state index in [-0.39, 0.29) is 0 Å². The maximum absolute atomic E-state index is 6.12. The van der Waals surface area contributed by atoms with Crippen LogP contribution in [0.15, 0.2) is 42.7 Å². The Kier molecular flexibility index (Phi) is 2.94. The third-order valence-electron chi connectivity index (χ3n) is 2.19. The van der Waals surface area contributed by atoms with Crippen LogP contribution in [0.2, 0.25) is 10.0 Å². The summed E-state index contributed by atoms with van der Waals surface area (Å²) in [7, 11) is 1.97. The minimum Gasteiger partial charge on any atom is -0.207 e. The third-order valence-corrected chi connectivity index (χ3v) is 2.82. The summed E-state index contributed by atoms with van der Waals surface area (Å²) in [5.41, 5.74) is 1.91. The predicted octanol–water partition coefficient (Wildman–Crippen LogP) is 3.48. The van der Waals surface area contributed by atoms with Gasteiger partial charge in [-0.25, -0.2) is 4.57 Å². The molecule has 0 aliphatic rings. The van der Waals surface area contributed by atoms with Gasteiger partial charge < -0.3 is 0 Å². The summed E-state index contributed by atoms with van der Waals surface area (Å²) in [6.45, 7) is 0. The summed E-state index contributed by atoms with van der Waals surface area (Å²) in [5, 5.41) is 1.35. The van der Waals surface area contributed by atoms with Gasteiger partial charge in [0, 0.05) is 17.2 Å². The maximum Gasteiger partial charge on any atom is 0.176 e. The van der Waals surface area contributed by atoms with Gasteiger partial charge >= 0.3 is 0 Å². The maximum atomic E-state index is 6.12. The van der Waals surface area contributed by atoms with Crippen molar-refractivity contribution in [2.24, 2.45) is 7.05 Å². The first kappa shape index (κ1) is 10.5. The molecule has 0 saturated carbocycles. The standard InChI is InChI=1S/C12H10Cl2N/c1-15-7-3-4-9(8-15)12-10(13)5-2-6-11(12)14/h2-8H,1H3/q+1. The summed E-state index contributed by atoms with van der Waals surface area (Å²) in [6.07, 6.45) is 3.96. The van der Waals surface area contributed by atoms with Crippen LogP contribution in [0.1, 0.15) is 0 Å². The van der Waals surface area contributed by atoms with Gasteiger partial charge in [0.15, 0.2) is 12.4 Å². The van der Waals surface area contributed by atoms with Crippen LogP contribution in [-0.2, 0) is 7.05 Å². The Morgan fingerprint density at radius 3 is 2.27 bits per heavy atom. The highest BCUT2D eigenvalue weighted by Gasteiger charge is 2.10. The lowest BCUT2D eigenvalue weighted by Crippen LogP contribution is -2.26. The van der Waals surface area contributed by atoms with E-state index < -0.39 is 0 Å². The molecule has 1 aromatic carbocycles. The lowest BCUT2D eigenvalue weighted by Gasteiger charge is -2.04. The average Bonchev–Trinajstić information content (AvgIpc) is 2.17. The highest BCUT2D eigenvalue weighted by molar-refractivity contribution is 6.39. The molecule has 76 valence electrons. The van der Waals surface area contributed by atoms with Gasteiger partial charge in [-0.05, 0) is 18.2 Å². The molecule has 1 nitrogen and oxygen atoms in total. The van der Waals surface area contributed by atoms with Gasteiger partial charge in [0.05, 0.1) is 10.0 Å². The van der Waals surface area contributed by atoms with Crippen molar-refractivity contribution in [1.82, 2.24) is 0 Å². The normalized spacial score (nSPS) is 10.3. The molecule has 15 heavy (non-hydrogen) atoms. The molecule has 0 aliphatic heterocycles. The van der Waals surface area contributed by atoms with Crippen molar-refractivity contribution in [2.75, 3.05) is 0 Å². The van der Waals surface area contributed by atoms with Crippen LogP contribution in [0.4, 0.5) is 0 Å². The first-order valence-corrected chi connectivity index (χ1v) is 5.34. The SMILES string of the molecule is C[n+]1cccc(-c2c(Cl)cccc2Cl)c1. The Balaban J connectivity index is 2.63. The zero-order valence-electron chi connectivity index (χ0n) is 8.24. The number of benzene rings is 1. The molecule has 0 unspecified atom stereocenters. The molecule has 0 spiro atoms. The van der Waals surface area contributed by atoms with E-state index in [2.05, 4.69) is 0 Å². The van der Waals surface area contributed by atoms with Crippen molar-refractivity contribution in [3.63, 3.8) is 0 Å². The van der Waals surface area contributed by atoms with E-state index in [1.165, 1.54) is 0 Å². The molecule has 0 aliphatic carbocycles. The van der Waals surface area contributed by atoms with Crippen molar-refractivity contribution >= 4 is 23.2 Å². The van der Waals surface area contributed by atoms with Crippen molar-refractivity contribution in [2.45, 2.75) is 0 Å². The van der Waals surface area contributed by atoms with E-state index >= 15 is 0 Å². The van der Waals surface area contributed by atoms with Gasteiger partial charge in [-0.2, -0.15) is 0 Å². The number of nitrogens with zero attached hydrogens (tertiary/aromatic N) is 1. The second kappa shape index (κ2) is 4.21. The van der Waals surface area contributed by atoms with E-state index in [4.69, 9.17) is 23.2 Å². The molecule has 0 atom stereocenters. The predicted molar refractivity (Wildman–Crippen MR) is 63.1 cm³/mol. The molecule has 0 fully saturated rings. The van der Waals surface area contributed by atoms with Gasteiger partial charge in [0.2, 0.25) is 0 Å². The number of halogens is 2. The fourth-order valence-electron chi connectivity index (χ4n) is 1.51. The molecule has 0 radical (unpaired) electrons. The molecule has 0 saturated heterocycles. The largest absolute Gasteiger partial charge is 0.207 e. The lowest BCUT2D eigenvalue weighted by molar-refractivity contribution is -0.671. The van der Waals surface area contributed by atoms with Crippen LogP contribution in [0.5, 0.6) is 0 Å². The third kappa shape index (κ3) is 2.14. The van der Waals surface area contributed by atoms with E-state index in [0.29, 0.717) is 10.0 Å². The Hall–Kier alpha value is -1.05. The molecular formula is C12H10Cl2N+. The Bertz CT molecular complexity index is 474. The van der Waals surface area contributed by atoms with Gasteiger partial charge in [-0.15, -0.1) is 0 Å². The topological polar surface area (TPSA) is 3.88 Å². The minimum absolute atomic E-state index is 0.675. The molecule has 1 heterocycles. The summed E-state index contributed by atoms with van der Waals surface area (Å²) in [5.74, 6) is 0. The van der Waals surface area contributed by atoms with Crippen molar-refractivity contribution in [3.8, 4) is 11.1 Å². The van der Waals surface area contributed by atoms with Crippen molar-refractivity contribution < 1.29 is 4.57 Å². The molecule has 0 amide bonds. The number of aromatic nitrogens is 1. The monoisotopic (exact) mass is 238 g/mol. The van der Waals surface area contributed by atoms with Crippen LogP contribution < -0.4 is 4.57 Å². The van der Waals surface area contributed by atoms with E-state index in [9.17, 15) is 0 Å². The highest BCUT2D eigenvalue weighted by atomic mass is 35.5. The second-order valence-corrected chi connectivity index (χ2v) is 4.17. The van der Waals surface area contributed by atoms with Crippen LogP contribution in [0, 0.1) is 0 Å². The minimum atomic E-state index is 0.675. The summed E-state index contributed by atoms with van der Waals surface area (Å²) < 4.78 is 1.97. The van der Waals surface area contributed by atoms with Crippen LogP contribution in [0.3, 0.4) is 0 Å². The van der Waals surface area contributed by atoms with Crippen LogP contribution >= 0.6 is 23.2 Å². The quantitative estimate of drug-likeness (QED) is 0.670. The number of aryl methyl sites for hydroxylation is 1. The Morgan fingerprint density at radius 1 is 1.00 bits per heavy atom. The van der Waals surface area contributed by atoms with Crippen LogP contribution in [0.25, 0.3) is 11.1 Å². The van der Waals surface area contributed by atoms with Crippen LogP contribution in [-0.4, -0.2) is 0 Å². The van der Waals surface area contributed by atoms with E-state index in [1.54, 1.807) is 0 Å². The lowest BCUT2D eigenvalue weighted by atomic mass is 10.1. The first-order valence-electron chi connectivity index (χ1n) is 4.58. The highest BCUT2D eigenvalue weighted by Crippen LogP contribution is 2.33. The molecular weight excluding hydrogens is 229 g/mol. The fraction of sp³-hybridized carbons (Fsp3) is 0.0833. The number of hydrogen-bond acceptors (Lipinski definition) is 0. The number of rotatable bonds is 1. The average molecular weight is 239 g/mol. The summed E-state index contributed by atoms with van der Waals surface area (Å²) in [6, 6.07) is 9.49. The summed E-state index contributed by atoms with van der Waals surface area (Å²) >= 11 is 12.2. The molecule has 2 rings (SSSR count). The Morgan fingerprint density at radius 2 is 1.67 bits per heavy atom. The van der Waals surface area contributed by atoms with Crippen molar-refractivity contribution in [1.29, 1.82) is 0 Å². The molecule has 3 heteroatoms. The van der Waals surface area contributed by atoms with Crippen molar-refractivity contribution in [3.05, 3.63) is 52.8 Å². The molecule has 0 bridgehead atoms. The van der Waals surface area contributed by atoms with Gasteiger partial charge in [0.25, 0.3) is 0 Å². The van der Waals surface area contributed by atoms with Gasteiger partial charge in [0.1, 0.15) is 7.05 Å². The zero-order valence-corrected chi connectivity index (χ0v) is 9.76.